The highest BCUT2D eigenvalue weighted by Crippen LogP contribution is 2.33. The van der Waals surface area contributed by atoms with Gasteiger partial charge in [0.15, 0.2) is 18.9 Å². The molecule has 19 heteroatoms. The van der Waals surface area contributed by atoms with E-state index < -0.39 is 124 Å². The molecule has 578 valence electrons. The Labute approximate surface area is 598 Å². The van der Waals surface area contributed by atoms with Crippen LogP contribution in [0.25, 0.3) is 0 Å². The van der Waals surface area contributed by atoms with Crippen LogP contribution in [0.4, 0.5) is 0 Å². The lowest BCUT2D eigenvalue weighted by atomic mass is 9.96. The molecule has 12 N–H and O–H groups in total. The van der Waals surface area contributed by atoms with Crippen molar-refractivity contribution in [2.75, 3.05) is 26.4 Å². The Morgan fingerprint density at radius 3 is 1.09 bits per heavy atom. The van der Waals surface area contributed by atoms with E-state index in [-0.39, 0.29) is 18.9 Å². The molecule has 3 rings (SSSR count). The lowest BCUT2D eigenvalue weighted by molar-refractivity contribution is -0.379. The molecule has 99 heavy (non-hydrogen) atoms. The number of hydrogen-bond acceptors (Lipinski definition) is 18. The van der Waals surface area contributed by atoms with Gasteiger partial charge in [0.2, 0.25) is 5.91 Å². The lowest BCUT2D eigenvalue weighted by Gasteiger charge is -2.48. The molecule has 19 nitrogen and oxygen atoms in total. The average Bonchev–Trinajstić information content (AvgIpc) is 0.784. The van der Waals surface area contributed by atoms with Crippen molar-refractivity contribution >= 4 is 5.91 Å². The largest absolute Gasteiger partial charge is 0.394 e. The first-order valence-corrected chi connectivity index (χ1v) is 40.0. The van der Waals surface area contributed by atoms with Crippen molar-refractivity contribution in [1.82, 2.24) is 5.32 Å². The second kappa shape index (κ2) is 60.7. The molecule has 0 saturated carbocycles. The van der Waals surface area contributed by atoms with Gasteiger partial charge in [0.1, 0.15) is 73.2 Å². The molecular weight excluding hydrogens is 1260 g/mol. The fourth-order valence-electron chi connectivity index (χ4n) is 13.5. The summed E-state index contributed by atoms with van der Waals surface area (Å²) in [5.74, 6) is -0.244. The third-order valence-electron chi connectivity index (χ3n) is 19.9. The molecule has 3 aliphatic heterocycles. The van der Waals surface area contributed by atoms with Crippen molar-refractivity contribution in [3.8, 4) is 0 Å². The van der Waals surface area contributed by atoms with Gasteiger partial charge in [-0.25, -0.2) is 0 Å². The number of ether oxygens (including phenoxy) is 6. The molecule has 17 atom stereocenters. The molecule has 3 aliphatic rings. The summed E-state index contributed by atoms with van der Waals surface area (Å²) in [6, 6.07) is -0.894. The minimum atomic E-state index is -1.98. The van der Waals surface area contributed by atoms with Gasteiger partial charge in [0.25, 0.3) is 0 Å². The summed E-state index contributed by atoms with van der Waals surface area (Å²) in [6.07, 6.45) is 50.1. The summed E-state index contributed by atoms with van der Waals surface area (Å²) in [6.45, 7) is 1.72. The minimum Gasteiger partial charge on any atom is -0.394 e. The fourth-order valence-corrected chi connectivity index (χ4v) is 13.5. The van der Waals surface area contributed by atoms with Crippen LogP contribution in [0.15, 0.2) is 60.8 Å². The maximum absolute atomic E-state index is 13.5. The highest BCUT2D eigenvalue weighted by atomic mass is 16.8. The molecule has 0 aromatic heterocycles. The maximum atomic E-state index is 13.5. The van der Waals surface area contributed by atoms with Crippen LogP contribution >= 0.6 is 0 Å². The number of amides is 1. The van der Waals surface area contributed by atoms with Crippen molar-refractivity contribution in [3.05, 3.63) is 60.8 Å². The number of hydrogen-bond donors (Lipinski definition) is 12. The van der Waals surface area contributed by atoms with Crippen LogP contribution in [0, 0.1) is 0 Å². The van der Waals surface area contributed by atoms with E-state index in [4.69, 9.17) is 28.4 Å². The van der Waals surface area contributed by atoms with Crippen LogP contribution in [-0.4, -0.2) is 193 Å². The standard InChI is InChI=1S/C80H145NO18/c1-3-5-7-9-11-13-15-17-19-21-23-25-27-29-31-33-35-37-39-41-43-45-47-49-51-53-55-57-64(85)63(81-68(86)58-56-54-52-50-48-46-44-42-40-38-36-34-32-30-28-26-24-22-20-18-16-14-12-10-8-6-4-2)62-94-78-74(92)71(89)76(66(60-83)96-78)99-80-75(93)72(90)77(67(61-84)97-80)98-79-73(91)70(88)69(87)65(59-82)95-79/h6,8,12,14,18,20,24,26,30,32,63-67,69-80,82-85,87-93H,3-5,7,9-11,13,15-17,19,21-23,25,27-29,31,33-62H2,1-2H3,(H,81,86)/b8-6-,14-12-,20-18-,26-24-,32-30-. The quantitative estimate of drug-likeness (QED) is 0.0199. The Morgan fingerprint density at radius 2 is 0.697 bits per heavy atom. The SMILES string of the molecule is CC/C=C\C/C=C\C/C=C\C/C=C\C/C=C\CCCCCCCCCCCCCC(=O)NC(COC1OC(CO)C(OC2OC(CO)C(OC3OC(CO)C(O)C(O)C3O)C(O)C2O)C(O)C1O)C(O)CCCCCCCCCCCCCCCCCCCCCCCCCCCCC. The first-order valence-electron chi connectivity index (χ1n) is 40.0. The Kier molecular flexibility index (Phi) is 55.6. The number of carbonyl (C=O) groups excluding carboxylic acids is 1. The van der Waals surface area contributed by atoms with Gasteiger partial charge >= 0.3 is 0 Å². The van der Waals surface area contributed by atoms with Gasteiger partial charge < -0.3 is 89.9 Å². The van der Waals surface area contributed by atoms with Crippen LogP contribution in [0.1, 0.15) is 309 Å². The van der Waals surface area contributed by atoms with Gasteiger partial charge in [-0.2, -0.15) is 0 Å². The summed E-state index contributed by atoms with van der Waals surface area (Å²) in [5.41, 5.74) is 0. The summed E-state index contributed by atoms with van der Waals surface area (Å²) >= 11 is 0. The molecule has 17 unspecified atom stereocenters. The number of carbonyl (C=O) groups is 1. The average molecular weight is 1410 g/mol. The number of rotatable bonds is 63. The van der Waals surface area contributed by atoms with E-state index in [1.54, 1.807) is 0 Å². The van der Waals surface area contributed by atoms with E-state index in [0.29, 0.717) is 12.8 Å². The van der Waals surface area contributed by atoms with Crippen LogP contribution in [0.3, 0.4) is 0 Å². The number of aliphatic hydroxyl groups excluding tert-OH is 11. The summed E-state index contributed by atoms with van der Waals surface area (Å²) < 4.78 is 34.5. The molecular formula is C80H145NO18. The highest BCUT2D eigenvalue weighted by Gasteiger charge is 2.54. The van der Waals surface area contributed by atoms with E-state index in [9.17, 15) is 61.0 Å². The van der Waals surface area contributed by atoms with Gasteiger partial charge in [-0.15, -0.1) is 0 Å². The fraction of sp³-hybridized carbons (Fsp3) is 0.863. The zero-order chi connectivity index (χ0) is 71.8. The molecule has 3 heterocycles. The van der Waals surface area contributed by atoms with Crippen molar-refractivity contribution < 1.29 is 89.4 Å². The topological polar surface area (TPSA) is 307 Å². The first kappa shape index (κ1) is 90.7. The van der Waals surface area contributed by atoms with E-state index >= 15 is 0 Å². The third-order valence-corrected chi connectivity index (χ3v) is 19.9. The van der Waals surface area contributed by atoms with Gasteiger partial charge in [-0.1, -0.05) is 306 Å². The Balaban J connectivity index is 1.38. The van der Waals surface area contributed by atoms with Gasteiger partial charge in [0.05, 0.1) is 38.6 Å². The highest BCUT2D eigenvalue weighted by molar-refractivity contribution is 5.76. The number of unbranched alkanes of at least 4 members (excludes halogenated alkanes) is 37. The Morgan fingerprint density at radius 1 is 0.374 bits per heavy atom. The first-order chi connectivity index (χ1) is 48.3. The minimum absolute atomic E-state index is 0.244. The Bertz CT molecular complexity index is 2020. The number of aliphatic hydroxyl groups is 11. The van der Waals surface area contributed by atoms with Crippen LogP contribution in [-0.2, 0) is 33.2 Å². The third kappa shape index (κ3) is 41.1. The summed E-state index contributed by atoms with van der Waals surface area (Å²) in [5, 5.41) is 121. The van der Waals surface area contributed by atoms with Crippen LogP contribution in [0.2, 0.25) is 0 Å². The normalized spacial score (nSPS) is 26.9. The van der Waals surface area contributed by atoms with Gasteiger partial charge in [0, 0.05) is 6.42 Å². The molecule has 0 aromatic rings. The molecule has 1 amide bonds. The van der Waals surface area contributed by atoms with Crippen LogP contribution < -0.4 is 5.32 Å². The summed E-state index contributed by atoms with van der Waals surface area (Å²) in [7, 11) is 0. The molecule has 0 radical (unpaired) electrons. The predicted molar refractivity (Wildman–Crippen MR) is 392 cm³/mol. The molecule has 0 aromatic carbocycles. The summed E-state index contributed by atoms with van der Waals surface area (Å²) in [4.78, 5) is 13.5. The number of nitrogens with one attached hydrogen (secondary N) is 1. The number of allylic oxidation sites excluding steroid dienone is 10. The zero-order valence-electron chi connectivity index (χ0n) is 61.7. The maximum Gasteiger partial charge on any atom is 0.220 e. The van der Waals surface area contributed by atoms with Gasteiger partial charge in [-0.3, -0.25) is 4.79 Å². The Hall–Kier alpha value is -2.51. The second-order valence-electron chi connectivity index (χ2n) is 28.5. The van der Waals surface area contributed by atoms with Gasteiger partial charge in [-0.05, 0) is 57.8 Å². The van der Waals surface area contributed by atoms with Crippen molar-refractivity contribution in [1.29, 1.82) is 0 Å². The van der Waals surface area contributed by atoms with E-state index in [0.717, 1.165) is 83.5 Å². The van der Waals surface area contributed by atoms with E-state index in [1.165, 1.54) is 193 Å². The molecule has 0 spiro atoms. The van der Waals surface area contributed by atoms with Crippen LogP contribution in [0.5, 0.6) is 0 Å². The van der Waals surface area contributed by atoms with Crippen molar-refractivity contribution in [2.24, 2.45) is 0 Å². The molecule has 3 fully saturated rings. The lowest BCUT2D eigenvalue weighted by Crippen LogP contribution is -2.66. The van der Waals surface area contributed by atoms with Crippen molar-refractivity contribution in [3.63, 3.8) is 0 Å². The van der Waals surface area contributed by atoms with E-state index in [1.807, 2.05) is 0 Å². The molecule has 0 bridgehead atoms. The monoisotopic (exact) mass is 1410 g/mol. The van der Waals surface area contributed by atoms with E-state index in [2.05, 4.69) is 79.9 Å². The molecule has 3 saturated heterocycles. The predicted octanol–water partition coefficient (Wildman–Crippen LogP) is 13.1. The van der Waals surface area contributed by atoms with Crippen molar-refractivity contribution in [2.45, 2.75) is 413 Å². The second-order valence-corrected chi connectivity index (χ2v) is 28.5. The molecule has 0 aliphatic carbocycles. The zero-order valence-corrected chi connectivity index (χ0v) is 61.7. The smallest absolute Gasteiger partial charge is 0.220 e.